The highest BCUT2D eigenvalue weighted by atomic mass is 32.1. The molecule has 0 aliphatic heterocycles. The largest absolute Gasteiger partial charge is 0.507 e. The lowest BCUT2D eigenvalue weighted by Crippen LogP contribution is -2.43. The van der Waals surface area contributed by atoms with E-state index in [4.69, 9.17) is 12.2 Å². The van der Waals surface area contributed by atoms with Crippen molar-refractivity contribution in [3.63, 3.8) is 0 Å². The van der Waals surface area contributed by atoms with Crippen LogP contribution in [-0.2, 0) is 0 Å². The van der Waals surface area contributed by atoms with Gasteiger partial charge in [-0.05, 0) is 60.1 Å². The third-order valence-corrected chi connectivity index (χ3v) is 4.32. The Kier molecular flexibility index (Phi) is 5.04. The predicted molar refractivity (Wildman–Crippen MR) is 108 cm³/mol. The fourth-order valence-corrected chi connectivity index (χ4v) is 2.90. The molecule has 3 aromatic carbocycles. The fraction of sp³-hybridized carbons (Fsp3) is 0.100. The van der Waals surface area contributed by atoms with Crippen LogP contribution in [0.1, 0.15) is 21.5 Å². The maximum absolute atomic E-state index is 12.4. The Morgan fingerprint density at radius 1 is 0.923 bits per heavy atom. The van der Waals surface area contributed by atoms with E-state index in [1.165, 1.54) is 0 Å². The number of para-hydroxylation sites is 1. The first-order valence-electron chi connectivity index (χ1n) is 8.11. The number of aryl methyl sites for hydroxylation is 2. The van der Waals surface area contributed by atoms with E-state index in [0.29, 0.717) is 0 Å². The third-order valence-electron chi connectivity index (χ3n) is 4.12. The number of hydrazine groups is 1. The van der Waals surface area contributed by atoms with Crippen LogP contribution in [0.15, 0.2) is 54.6 Å². The summed E-state index contributed by atoms with van der Waals surface area (Å²) in [7, 11) is 0. The second kappa shape index (κ2) is 7.41. The van der Waals surface area contributed by atoms with Crippen molar-refractivity contribution in [2.24, 2.45) is 0 Å². The molecule has 6 heteroatoms. The van der Waals surface area contributed by atoms with Gasteiger partial charge in [-0.15, -0.1) is 0 Å². The average molecular weight is 365 g/mol. The number of phenols is 1. The minimum absolute atomic E-state index is 0.0865. The van der Waals surface area contributed by atoms with Crippen molar-refractivity contribution in [2.45, 2.75) is 13.8 Å². The van der Waals surface area contributed by atoms with Crippen LogP contribution in [0.2, 0.25) is 0 Å². The number of carbonyl (C=O) groups excluding carboxylic acids is 1. The summed E-state index contributed by atoms with van der Waals surface area (Å²) in [6.07, 6.45) is 0. The molecule has 3 aromatic rings. The zero-order valence-corrected chi connectivity index (χ0v) is 15.3. The van der Waals surface area contributed by atoms with Crippen LogP contribution < -0.4 is 16.2 Å². The summed E-state index contributed by atoms with van der Waals surface area (Å²) in [5.74, 6) is -0.560. The molecule has 4 N–H and O–H groups in total. The monoisotopic (exact) mass is 365 g/mol. The molecule has 0 aromatic heterocycles. The number of thiocarbonyl (C=S) groups is 1. The average Bonchev–Trinajstić information content (AvgIpc) is 2.62. The molecule has 0 spiro atoms. The summed E-state index contributed by atoms with van der Waals surface area (Å²) in [6, 6.07) is 16.6. The Labute approximate surface area is 157 Å². The second-order valence-corrected chi connectivity index (χ2v) is 6.42. The molecule has 0 saturated heterocycles. The summed E-state index contributed by atoms with van der Waals surface area (Å²) in [6.45, 7) is 3.95. The SMILES string of the molecule is Cc1cccc(C)c1NC(=S)NNC(=O)c1cc2ccccc2cc1O. The van der Waals surface area contributed by atoms with Crippen molar-refractivity contribution in [3.8, 4) is 5.75 Å². The van der Waals surface area contributed by atoms with E-state index in [9.17, 15) is 9.90 Å². The smallest absolute Gasteiger partial charge is 0.273 e. The number of benzene rings is 3. The molecule has 0 aliphatic carbocycles. The maximum Gasteiger partial charge on any atom is 0.273 e. The summed E-state index contributed by atoms with van der Waals surface area (Å²) in [5, 5.41) is 15.2. The van der Waals surface area contributed by atoms with Gasteiger partial charge in [0.2, 0.25) is 0 Å². The van der Waals surface area contributed by atoms with E-state index in [1.807, 2.05) is 56.3 Å². The van der Waals surface area contributed by atoms with Gasteiger partial charge in [-0.2, -0.15) is 0 Å². The molecule has 0 unspecified atom stereocenters. The Morgan fingerprint density at radius 2 is 1.54 bits per heavy atom. The molecule has 3 rings (SSSR count). The molecule has 0 saturated carbocycles. The lowest BCUT2D eigenvalue weighted by atomic mass is 10.1. The quantitative estimate of drug-likeness (QED) is 0.411. The first kappa shape index (κ1) is 17.7. The topological polar surface area (TPSA) is 73.4 Å². The van der Waals surface area contributed by atoms with Crippen LogP contribution in [0.5, 0.6) is 5.75 Å². The number of anilines is 1. The number of nitrogens with one attached hydrogen (secondary N) is 3. The fourth-order valence-electron chi connectivity index (χ4n) is 2.75. The van der Waals surface area contributed by atoms with E-state index in [-0.39, 0.29) is 16.4 Å². The van der Waals surface area contributed by atoms with Gasteiger partial charge in [0.1, 0.15) is 5.75 Å². The van der Waals surface area contributed by atoms with Crippen LogP contribution in [0.3, 0.4) is 0 Å². The van der Waals surface area contributed by atoms with E-state index < -0.39 is 5.91 Å². The van der Waals surface area contributed by atoms with Gasteiger partial charge in [-0.25, -0.2) is 0 Å². The molecule has 0 bridgehead atoms. The van der Waals surface area contributed by atoms with Gasteiger partial charge in [-0.3, -0.25) is 15.6 Å². The van der Waals surface area contributed by atoms with E-state index >= 15 is 0 Å². The van der Waals surface area contributed by atoms with Crippen LogP contribution >= 0.6 is 12.2 Å². The number of hydrogen-bond donors (Lipinski definition) is 4. The van der Waals surface area contributed by atoms with Crippen molar-refractivity contribution < 1.29 is 9.90 Å². The predicted octanol–water partition coefficient (Wildman–Crippen LogP) is 3.79. The zero-order valence-electron chi connectivity index (χ0n) is 14.5. The summed E-state index contributed by atoms with van der Waals surface area (Å²) >= 11 is 5.23. The third kappa shape index (κ3) is 3.75. The normalized spacial score (nSPS) is 10.4. The number of aromatic hydroxyl groups is 1. The first-order chi connectivity index (χ1) is 12.5. The van der Waals surface area contributed by atoms with Crippen LogP contribution in [-0.4, -0.2) is 16.1 Å². The van der Waals surface area contributed by atoms with E-state index in [0.717, 1.165) is 27.6 Å². The van der Waals surface area contributed by atoms with Crippen molar-refractivity contribution in [2.75, 3.05) is 5.32 Å². The Morgan fingerprint density at radius 3 is 2.19 bits per heavy atom. The Bertz CT molecular complexity index is 981. The van der Waals surface area contributed by atoms with E-state index in [2.05, 4.69) is 16.2 Å². The standard InChI is InChI=1S/C20H19N3O2S/c1-12-6-5-7-13(2)18(12)21-20(26)23-22-19(25)16-10-14-8-3-4-9-15(14)11-17(16)24/h3-11,24H,1-2H3,(H,22,25)(H2,21,23,26). The highest BCUT2D eigenvalue weighted by Gasteiger charge is 2.13. The first-order valence-corrected chi connectivity index (χ1v) is 8.52. The minimum Gasteiger partial charge on any atom is -0.507 e. The van der Waals surface area contributed by atoms with E-state index in [1.54, 1.807) is 12.1 Å². The van der Waals surface area contributed by atoms with Crippen molar-refractivity contribution >= 4 is 39.7 Å². The number of fused-ring (bicyclic) bond motifs is 1. The molecule has 0 fully saturated rings. The van der Waals surface area contributed by atoms with Crippen molar-refractivity contribution in [1.29, 1.82) is 0 Å². The Balaban J connectivity index is 1.69. The number of carbonyl (C=O) groups is 1. The van der Waals surface area contributed by atoms with Crippen molar-refractivity contribution in [1.82, 2.24) is 10.9 Å². The van der Waals surface area contributed by atoms with Gasteiger partial charge >= 0.3 is 0 Å². The number of amides is 1. The zero-order chi connectivity index (χ0) is 18.7. The van der Waals surface area contributed by atoms with Crippen LogP contribution in [0.4, 0.5) is 5.69 Å². The molecule has 132 valence electrons. The van der Waals surface area contributed by atoms with Gasteiger partial charge < -0.3 is 10.4 Å². The summed E-state index contributed by atoms with van der Waals surface area (Å²) < 4.78 is 0. The summed E-state index contributed by atoms with van der Waals surface area (Å²) in [5.41, 5.74) is 8.35. The lowest BCUT2D eigenvalue weighted by Gasteiger charge is -2.15. The molecule has 0 atom stereocenters. The highest BCUT2D eigenvalue weighted by molar-refractivity contribution is 7.80. The summed E-state index contributed by atoms with van der Waals surface area (Å²) in [4.78, 5) is 12.4. The molecule has 0 aliphatic rings. The number of rotatable bonds is 2. The number of hydrogen-bond acceptors (Lipinski definition) is 3. The molecule has 0 radical (unpaired) electrons. The van der Waals surface area contributed by atoms with Gasteiger partial charge in [0, 0.05) is 5.69 Å². The molecular formula is C20H19N3O2S. The van der Waals surface area contributed by atoms with Crippen LogP contribution in [0, 0.1) is 13.8 Å². The van der Waals surface area contributed by atoms with Gasteiger partial charge in [0.05, 0.1) is 5.56 Å². The van der Waals surface area contributed by atoms with Gasteiger partial charge in [0.25, 0.3) is 5.91 Å². The molecule has 1 amide bonds. The van der Waals surface area contributed by atoms with Crippen molar-refractivity contribution in [3.05, 3.63) is 71.3 Å². The molecule has 0 heterocycles. The Hall–Kier alpha value is -3.12. The lowest BCUT2D eigenvalue weighted by molar-refractivity contribution is 0.0941. The highest BCUT2D eigenvalue weighted by Crippen LogP contribution is 2.24. The van der Waals surface area contributed by atoms with Crippen LogP contribution in [0.25, 0.3) is 10.8 Å². The molecule has 26 heavy (non-hydrogen) atoms. The number of phenolic OH excluding ortho intramolecular Hbond substituents is 1. The minimum atomic E-state index is -0.473. The molecular weight excluding hydrogens is 346 g/mol. The molecule has 5 nitrogen and oxygen atoms in total. The van der Waals surface area contributed by atoms with Gasteiger partial charge in [-0.1, -0.05) is 42.5 Å². The second-order valence-electron chi connectivity index (χ2n) is 6.02. The maximum atomic E-state index is 12.4. The van der Waals surface area contributed by atoms with Gasteiger partial charge in [0.15, 0.2) is 5.11 Å².